The van der Waals surface area contributed by atoms with E-state index >= 15 is 0 Å². The summed E-state index contributed by atoms with van der Waals surface area (Å²) in [5.41, 5.74) is -0.317. The van der Waals surface area contributed by atoms with Crippen LogP contribution in [-0.4, -0.2) is 132 Å². The number of rotatable bonds is 21. The molecular formula is C34H58N8O8S2. The number of nitrogens with zero attached hydrogens (tertiary/aromatic N) is 6. The Kier molecular flexibility index (Phi) is 17.0. The zero-order chi connectivity index (χ0) is 37.4. The minimum Gasteiger partial charge on any atom is -0.470 e. The van der Waals surface area contributed by atoms with Gasteiger partial charge in [-0.15, -0.1) is 8.75 Å². The fourth-order valence-corrected chi connectivity index (χ4v) is 6.35. The van der Waals surface area contributed by atoms with Gasteiger partial charge in [0.05, 0.1) is 49.9 Å². The molecule has 0 amide bonds. The van der Waals surface area contributed by atoms with Crippen molar-refractivity contribution in [2.45, 2.75) is 103 Å². The number of morpholine rings is 2. The molecule has 2 aliphatic heterocycles. The summed E-state index contributed by atoms with van der Waals surface area (Å²) in [5, 5.41) is 6.81. The van der Waals surface area contributed by atoms with Crippen molar-refractivity contribution in [3.63, 3.8) is 0 Å². The first-order valence-corrected chi connectivity index (χ1v) is 19.8. The Hall–Kier alpha value is -2.90. The van der Waals surface area contributed by atoms with Gasteiger partial charge in [0.1, 0.15) is 25.4 Å². The van der Waals surface area contributed by atoms with Gasteiger partial charge in [0, 0.05) is 63.2 Å². The molecule has 2 unspecified atom stereocenters. The molecule has 2 aromatic rings. The first-order valence-electron chi connectivity index (χ1n) is 18.3. The van der Waals surface area contributed by atoms with Crippen LogP contribution >= 0.6 is 23.5 Å². The van der Waals surface area contributed by atoms with Gasteiger partial charge in [-0.25, -0.2) is 0 Å². The molecule has 2 atom stereocenters. The molecule has 4 heterocycles. The fourth-order valence-electron chi connectivity index (χ4n) is 5.31. The summed E-state index contributed by atoms with van der Waals surface area (Å²) >= 11 is 2.19. The predicted molar refractivity (Wildman–Crippen MR) is 200 cm³/mol. The van der Waals surface area contributed by atoms with Crippen LogP contribution in [0.2, 0.25) is 0 Å². The lowest BCUT2D eigenvalue weighted by molar-refractivity contribution is -0.151. The summed E-state index contributed by atoms with van der Waals surface area (Å²) < 4.78 is 52.1. The second kappa shape index (κ2) is 21.1. The SMILES string of the molecule is CC(C)(C)NCC(COc1nsnc1N1CCOCC1)OC(=O)CCCCCCC(=O)OC(CNC(C)(C)C)COc1nsnc1N1CCOCC1. The molecule has 0 saturated carbocycles. The van der Waals surface area contributed by atoms with Crippen molar-refractivity contribution in [3.05, 3.63) is 0 Å². The van der Waals surface area contributed by atoms with Crippen molar-refractivity contribution in [3.8, 4) is 11.8 Å². The number of hydrogen-bond donors (Lipinski definition) is 2. The van der Waals surface area contributed by atoms with Crippen LogP contribution in [0.1, 0.15) is 80.1 Å². The van der Waals surface area contributed by atoms with Gasteiger partial charge in [-0.1, -0.05) is 12.8 Å². The second-order valence-electron chi connectivity index (χ2n) is 15.0. The van der Waals surface area contributed by atoms with E-state index in [0.717, 1.165) is 62.5 Å². The molecule has 2 fully saturated rings. The third kappa shape index (κ3) is 15.6. The number of aromatic nitrogens is 4. The molecule has 52 heavy (non-hydrogen) atoms. The number of carbonyl (C=O) groups excluding carboxylic acids is 2. The van der Waals surface area contributed by atoms with Crippen molar-refractivity contribution in [1.82, 2.24) is 28.1 Å². The molecule has 2 aliphatic rings. The van der Waals surface area contributed by atoms with Gasteiger partial charge in [0.15, 0.2) is 0 Å². The average molecular weight is 771 g/mol. The second-order valence-corrected chi connectivity index (χ2v) is 16.1. The van der Waals surface area contributed by atoms with E-state index in [1.54, 1.807) is 0 Å². The quantitative estimate of drug-likeness (QED) is 0.140. The molecule has 294 valence electrons. The highest BCUT2D eigenvalue weighted by Crippen LogP contribution is 2.28. The van der Waals surface area contributed by atoms with Gasteiger partial charge in [-0.2, -0.15) is 8.75 Å². The number of nitrogens with one attached hydrogen (secondary N) is 2. The molecule has 4 rings (SSSR count). The Morgan fingerprint density at radius 3 is 1.40 bits per heavy atom. The average Bonchev–Trinajstić information content (AvgIpc) is 3.79. The number of esters is 2. The molecule has 0 bridgehead atoms. The molecule has 0 aromatic carbocycles. The highest BCUT2D eigenvalue weighted by molar-refractivity contribution is 6.99. The van der Waals surface area contributed by atoms with Crippen LogP contribution in [0.15, 0.2) is 0 Å². The first kappa shape index (κ1) is 41.9. The lowest BCUT2D eigenvalue weighted by Crippen LogP contribution is -2.44. The number of anilines is 2. The van der Waals surface area contributed by atoms with Crippen molar-refractivity contribution < 1.29 is 38.0 Å². The summed E-state index contributed by atoms with van der Waals surface area (Å²) in [6.07, 6.45) is 2.46. The topological polar surface area (TPSA) is 172 Å². The van der Waals surface area contributed by atoms with E-state index in [1.165, 1.54) is 0 Å². The van der Waals surface area contributed by atoms with Crippen LogP contribution in [0.3, 0.4) is 0 Å². The lowest BCUT2D eigenvalue weighted by atomic mass is 10.1. The molecular weight excluding hydrogens is 713 g/mol. The minimum atomic E-state index is -0.497. The Balaban J connectivity index is 1.16. The van der Waals surface area contributed by atoms with Crippen LogP contribution in [0.25, 0.3) is 0 Å². The van der Waals surface area contributed by atoms with Gasteiger partial charge in [-0.3, -0.25) is 9.59 Å². The molecule has 2 aromatic heterocycles. The normalized spacial score (nSPS) is 16.7. The van der Waals surface area contributed by atoms with E-state index < -0.39 is 12.2 Å². The van der Waals surface area contributed by atoms with E-state index in [1.807, 2.05) is 0 Å². The van der Waals surface area contributed by atoms with E-state index in [0.29, 0.717) is 75.8 Å². The van der Waals surface area contributed by atoms with Crippen LogP contribution in [0.5, 0.6) is 11.8 Å². The third-order valence-electron chi connectivity index (χ3n) is 8.15. The van der Waals surface area contributed by atoms with Crippen molar-refractivity contribution in [2.75, 3.05) is 88.7 Å². The Bertz CT molecular complexity index is 1240. The molecule has 2 saturated heterocycles. The number of carbonyl (C=O) groups is 2. The van der Waals surface area contributed by atoms with Crippen LogP contribution in [0, 0.1) is 0 Å². The fraction of sp³-hybridized carbons (Fsp3) is 0.824. The standard InChI is InChI=1S/C34H58N8O8S2/c1-33(2,3)35-21-25(23-47-31-29(37-51-39-31)41-13-17-45-18-14-41)49-27(43)11-9-7-8-10-12-28(44)50-26(22-36-34(4,5)6)24-48-32-30(38-52-40-32)42-15-19-46-20-16-42/h25-26,35-36H,7-24H2,1-6H3. The van der Waals surface area contributed by atoms with Gasteiger partial charge >= 0.3 is 11.9 Å². The maximum atomic E-state index is 12.8. The van der Waals surface area contributed by atoms with E-state index in [-0.39, 0.29) is 49.1 Å². The zero-order valence-corrected chi connectivity index (χ0v) is 33.3. The summed E-state index contributed by atoms with van der Waals surface area (Å²) in [7, 11) is 0. The Morgan fingerprint density at radius 1 is 0.654 bits per heavy atom. The zero-order valence-electron chi connectivity index (χ0n) is 31.6. The highest BCUT2D eigenvalue weighted by atomic mass is 32.1. The van der Waals surface area contributed by atoms with Crippen LogP contribution in [0.4, 0.5) is 11.6 Å². The third-order valence-corrected chi connectivity index (χ3v) is 9.15. The van der Waals surface area contributed by atoms with Crippen LogP contribution < -0.4 is 29.9 Å². The minimum absolute atomic E-state index is 0.158. The molecule has 16 nitrogen and oxygen atoms in total. The largest absolute Gasteiger partial charge is 0.470 e. The maximum Gasteiger partial charge on any atom is 0.306 e. The maximum absolute atomic E-state index is 12.8. The van der Waals surface area contributed by atoms with E-state index in [9.17, 15) is 9.59 Å². The van der Waals surface area contributed by atoms with E-state index in [4.69, 9.17) is 28.4 Å². The van der Waals surface area contributed by atoms with Crippen molar-refractivity contribution in [2.24, 2.45) is 0 Å². The monoisotopic (exact) mass is 770 g/mol. The Labute approximate surface area is 316 Å². The number of unbranched alkanes of at least 4 members (excludes halogenated alkanes) is 3. The number of ether oxygens (including phenoxy) is 6. The van der Waals surface area contributed by atoms with Crippen LogP contribution in [-0.2, 0) is 28.5 Å². The summed E-state index contributed by atoms with van der Waals surface area (Å²) in [5.74, 6) is 1.72. The summed E-state index contributed by atoms with van der Waals surface area (Å²) in [6.45, 7) is 19.0. The lowest BCUT2D eigenvalue weighted by Gasteiger charge is -2.27. The van der Waals surface area contributed by atoms with Gasteiger partial charge < -0.3 is 48.9 Å². The smallest absolute Gasteiger partial charge is 0.306 e. The number of hydrogen-bond acceptors (Lipinski definition) is 18. The first-order chi connectivity index (χ1) is 24.9. The summed E-state index contributed by atoms with van der Waals surface area (Å²) in [6, 6.07) is 0. The van der Waals surface area contributed by atoms with Crippen molar-refractivity contribution >= 4 is 47.0 Å². The molecule has 0 spiro atoms. The van der Waals surface area contributed by atoms with Gasteiger partial charge in [0.25, 0.3) is 11.8 Å². The van der Waals surface area contributed by atoms with Crippen molar-refractivity contribution in [1.29, 1.82) is 0 Å². The highest BCUT2D eigenvalue weighted by Gasteiger charge is 2.25. The molecule has 18 heteroatoms. The molecule has 0 radical (unpaired) electrons. The molecule has 2 N–H and O–H groups in total. The Morgan fingerprint density at radius 2 is 1.04 bits per heavy atom. The molecule has 0 aliphatic carbocycles. The van der Waals surface area contributed by atoms with Gasteiger partial charge in [0.2, 0.25) is 11.6 Å². The van der Waals surface area contributed by atoms with Gasteiger partial charge in [-0.05, 0) is 54.4 Å². The summed E-state index contributed by atoms with van der Waals surface area (Å²) in [4.78, 5) is 29.9. The van der Waals surface area contributed by atoms with E-state index in [2.05, 4.69) is 79.5 Å². The predicted octanol–water partition coefficient (Wildman–Crippen LogP) is 3.46.